The van der Waals surface area contributed by atoms with Crippen molar-refractivity contribution >= 4 is 17.4 Å². The van der Waals surface area contributed by atoms with Crippen LogP contribution in [0.2, 0.25) is 0 Å². The highest BCUT2D eigenvalue weighted by molar-refractivity contribution is 7.99. The second-order valence-corrected chi connectivity index (χ2v) is 8.86. The molecule has 29 heavy (non-hydrogen) atoms. The summed E-state index contributed by atoms with van der Waals surface area (Å²) >= 11 is 1.22. The van der Waals surface area contributed by atoms with Crippen LogP contribution in [0.3, 0.4) is 0 Å². The van der Waals surface area contributed by atoms with Gasteiger partial charge >= 0.3 is 6.18 Å². The van der Waals surface area contributed by atoms with E-state index in [0.717, 1.165) is 49.7 Å². The highest BCUT2D eigenvalue weighted by atomic mass is 32.2. The van der Waals surface area contributed by atoms with Gasteiger partial charge in [0.05, 0.1) is 11.3 Å². The molecule has 2 saturated heterocycles. The molecular weight excluding hydrogens is 397 g/mol. The number of piperazine rings is 1. The van der Waals surface area contributed by atoms with Gasteiger partial charge in [-0.1, -0.05) is 6.42 Å². The number of fused-ring (bicyclic) bond motifs is 1. The SMILES string of the molecule is Cc1cc(C)nc(Sc2cc(C(F)(F)F)ccc2N2CCN3CCCCC3C2)n1. The van der Waals surface area contributed by atoms with Crippen molar-refractivity contribution in [1.82, 2.24) is 14.9 Å². The lowest BCUT2D eigenvalue weighted by molar-refractivity contribution is -0.137. The average Bonchev–Trinajstić information content (AvgIpc) is 2.66. The molecule has 1 aromatic heterocycles. The van der Waals surface area contributed by atoms with Crippen LogP contribution in [0, 0.1) is 13.8 Å². The Morgan fingerprint density at radius 2 is 1.76 bits per heavy atom. The van der Waals surface area contributed by atoms with Crippen molar-refractivity contribution in [3.05, 3.63) is 41.2 Å². The predicted octanol–water partition coefficient (Wildman–Crippen LogP) is 4.94. The Balaban J connectivity index is 1.67. The zero-order valence-electron chi connectivity index (χ0n) is 16.7. The van der Waals surface area contributed by atoms with Crippen molar-refractivity contribution in [2.24, 2.45) is 0 Å². The molecule has 1 atom stereocenters. The lowest BCUT2D eigenvalue weighted by atomic mass is 9.99. The largest absolute Gasteiger partial charge is 0.416 e. The summed E-state index contributed by atoms with van der Waals surface area (Å²) in [6.45, 7) is 7.50. The predicted molar refractivity (Wildman–Crippen MR) is 108 cm³/mol. The monoisotopic (exact) mass is 422 g/mol. The fourth-order valence-corrected chi connectivity index (χ4v) is 5.31. The second-order valence-electron chi connectivity index (χ2n) is 7.85. The van der Waals surface area contributed by atoms with Crippen LogP contribution in [0.15, 0.2) is 34.3 Å². The van der Waals surface area contributed by atoms with Gasteiger partial charge in [-0.05, 0) is 69.3 Å². The topological polar surface area (TPSA) is 32.3 Å². The number of rotatable bonds is 3. The lowest BCUT2D eigenvalue weighted by Gasteiger charge is -2.45. The fraction of sp³-hybridized carbons (Fsp3) is 0.524. The first-order chi connectivity index (χ1) is 13.8. The number of alkyl halides is 3. The van der Waals surface area contributed by atoms with Gasteiger partial charge in [-0.25, -0.2) is 9.97 Å². The summed E-state index contributed by atoms with van der Waals surface area (Å²) in [5, 5.41) is 0.486. The highest BCUT2D eigenvalue weighted by Crippen LogP contribution is 2.40. The Morgan fingerprint density at radius 3 is 2.48 bits per heavy atom. The third-order valence-electron chi connectivity index (χ3n) is 5.63. The normalized spacial score (nSPS) is 20.6. The van der Waals surface area contributed by atoms with Crippen LogP contribution in [0.4, 0.5) is 18.9 Å². The quantitative estimate of drug-likeness (QED) is 0.655. The Morgan fingerprint density at radius 1 is 1.00 bits per heavy atom. The van der Waals surface area contributed by atoms with Gasteiger partial charge in [-0.2, -0.15) is 13.2 Å². The van der Waals surface area contributed by atoms with Gasteiger partial charge in [0.1, 0.15) is 0 Å². The molecule has 2 fully saturated rings. The molecule has 1 unspecified atom stereocenters. The van der Waals surface area contributed by atoms with E-state index in [4.69, 9.17) is 0 Å². The number of piperidine rings is 1. The molecule has 0 N–H and O–H groups in total. The Bertz CT molecular complexity index is 866. The standard InChI is InChI=1S/C21H25F3N4S/c1-14-11-15(2)26-20(25-14)29-19-12-16(21(22,23)24)6-7-18(19)28-10-9-27-8-4-3-5-17(27)13-28/h6-7,11-12,17H,3-5,8-10,13H2,1-2H3. The summed E-state index contributed by atoms with van der Waals surface area (Å²) in [4.78, 5) is 14.1. The van der Waals surface area contributed by atoms with Gasteiger partial charge in [0.25, 0.3) is 0 Å². The summed E-state index contributed by atoms with van der Waals surface area (Å²) in [5.41, 5.74) is 1.83. The van der Waals surface area contributed by atoms with Crippen LogP contribution in [0.25, 0.3) is 0 Å². The molecule has 0 amide bonds. The first-order valence-corrected chi connectivity index (χ1v) is 10.8. The molecule has 0 saturated carbocycles. The summed E-state index contributed by atoms with van der Waals surface area (Å²) in [5.74, 6) is 0. The van der Waals surface area contributed by atoms with E-state index >= 15 is 0 Å². The van der Waals surface area contributed by atoms with E-state index in [9.17, 15) is 13.2 Å². The molecule has 0 radical (unpaired) electrons. The molecule has 0 bridgehead atoms. The number of benzene rings is 1. The molecule has 4 nitrogen and oxygen atoms in total. The molecule has 4 rings (SSSR count). The number of hydrogen-bond acceptors (Lipinski definition) is 5. The molecule has 2 aliphatic heterocycles. The number of aromatic nitrogens is 2. The van der Waals surface area contributed by atoms with Crippen molar-refractivity contribution in [2.75, 3.05) is 31.1 Å². The number of hydrogen-bond donors (Lipinski definition) is 0. The van der Waals surface area contributed by atoms with E-state index in [-0.39, 0.29) is 0 Å². The number of halogens is 3. The minimum absolute atomic E-state index is 0.482. The van der Waals surface area contributed by atoms with Crippen LogP contribution in [0.5, 0.6) is 0 Å². The van der Waals surface area contributed by atoms with Crippen molar-refractivity contribution in [3.63, 3.8) is 0 Å². The molecular formula is C21H25F3N4S. The van der Waals surface area contributed by atoms with Crippen LogP contribution < -0.4 is 4.90 Å². The number of nitrogens with zero attached hydrogens (tertiary/aromatic N) is 4. The second kappa shape index (κ2) is 8.14. The smallest absolute Gasteiger partial charge is 0.368 e. The zero-order valence-corrected chi connectivity index (χ0v) is 17.5. The van der Waals surface area contributed by atoms with Crippen molar-refractivity contribution in [3.8, 4) is 0 Å². The van der Waals surface area contributed by atoms with Gasteiger partial charge in [0, 0.05) is 42.0 Å². The average molecular weight is 423 g/mol. The fourth-order valence-electron chi connectivity index (χ4n) is 4.25. The van der Waals surface area contributed by atoms with Crippen LogP contribution in [-0.2, 0) is 6.18 Å². The minimum Gasteiger partial charge on any atom is -0.368 e. The Hall–Kier alpha value is -1.80. The summed E-state index contributed by atoms with van der Waals surface area (Å²) < 4.78 is 40.1. The summed E-state index contributed by atoms with van der Waals surface area (Å²) in [7, 11) is 0. The third kappa shape index (κ3) is 4.69. The van der Waals surface area contributed by atoms with Crippen LogP contribution in [-0.4, -0.2) is 47.1 Å². The van der Waals surface area contributed by atoms with Crippen LogP contribution >= 0.6 is 11.8 Å². The molecule has 2 aromatic rings. The van der Waals surface area contributed by atoms with Crippen molar-refractivity contribution in [2.45, 2.75) is 55.4 Å². The number of anilines is 1. The molecule has 0 spiro atoms. The van der Waals surface area contributed by atoms with Gasteiger partial charge < -0.3 is 4.90 Å². The van der Waals surface area contributed by atoms with Gasteiger partial charge in [0.15, 0.2) is 5.16 Å². The third-order valence-corrected chi connectivity index (χ3v) is 6.54. The molecule has 1 aromatic carbocycles. The Kier molecular flexibility index (Phi) is 5.75. The minimum atomic E-state index is -4.38. The maximum atomic E-state index is 13.4. The summed E-state index contributed by atoms with van der Waals surface area (Å²) in [6, 6.07) is 6.39. The highest BCUT2D eigenvalue weighted by Gasteiger charge is 2.33. The lowest BCUT2D eigenvalue weighted by Crippen LogP contribution is -2.55. The molecule has 0 aliphatic carbocycles. The molecule has 156 valence electrons. The van der Waals surface area contributed by atoms with E-state index in [1.165, 1.54) is 36.7 Å². The Labute approximate surface area is 173 Å². The van der Waals surface area contributed by atoms with E-state index in [0.29, 0.717) is 16.1 Å². The van der Waals surface area contributed by atoms with Crippen molar-refractivity contribution < 1.29 is 13.2 Å². The molecule has 8 heteroatoms. The maximum Gasteiger partial charge on any atom is 0.416 e. The molecule has 3 heterocycles. The summed E-state index contributed by atoms with van der Waals surface area (Å²) in [6.07, 6.45) is -0.763. The van der Waals surface area contributed by atoms with E-state index in [1.807, 2.05) is 19.9 Å². The van der Waals surface area contributed by atoms with Crippen LogP contribution in [0.1, 0.15) is 36.2 Å². The first-order valence-electron chi connectivity index (χ1n) is 10.00. The zero-order chi connectivity index (χ0) is 20.6. The van der Waals surface area contributed by atoms with E-state index in [1.54, 1.807) is 6.07 Å². The van der Waals surface area contributed by atoms with Gasteiger partial charge in [-0.3, -0.25) is 4.90 Å². The first kappa shape index (κ1) is 20.5. The van der Waals surface area contributed by atoms with Gasteiger partial charge in [0.2, 0.25) is 0 Å². The number of aryl methyl sites for hydroxylation is 2. The maximum absolute atomic E-state index is 13.4. The van der Waals surface area contributed by atoms with E-state index in [2.05, 4.69) is 19.8 Å². The van der Waals surface area contributed by atoms with Gasteiger partial charge in [-0.15, -0.1) is 0 Å². The molecule has 2 aliphatic rings. The van der Waals surface area contributed by atoms with E-state index < -0.39 is 11.7 Å². The van der Waals surface area contributed by atoms with Crippen molar-refractivity contribution in [1.29, 1.82) is 0 Å².